The number of amides is 1. The van der Waals surface area contributed by atoms with Crippen LogP contribution < -0.4 is 0 Å². The van der Waals surface area contributed by atoms with Crippen LogP contribution >= 0.6 is 0 Å². The predicted molar refractivity (Wildman–Crippen MR) is 47.8 cm³/mol. The van der Waals surface area contributed by atoms with E-state index in [1.54, 1.807) is 0 Å². The maximum Gasteiger partial charge on any atom is 0.219 e. The zero-order valence-electron chi connectivity index (χ0n) is 8.08. The highest BCUT2D eigenvalue weighted by Gasteiger charge is 2.04. The number of aliphatic hydroxyl groups is 2. The van der Waals surface area contributed by atoms with Crippen molar-refractivity contribution in [2.24, 2.45) is 0 Å². The summed E-state index contributed by atoms with van der Waals surface area (Å²) in [4.78, 5) is 12.0. The third-order valence-corrected chi connectivity index (χ3v) is 1.19. The van der Waals surface area contributed by atoms with Crippen molar-refractivity contribution in [3.05, 3.63) is 0 Å². The van der Waals surface area contributed by atoms with E-state index < -0.39 is 0 Å². The summed E-state index contributed by atoms with van der Waals surface area (Å²) >= 11 is 0. The summed E-state index contributed by atoms with van der Waals surface area (Å²) in [6.07, 6.45) is 0. The van der Waals surface area contributed by atoms with Gasteiger partial charge in [0.25, 0.3) is 0 Å². The van der Waals surface area contributed by atoms with Gasteiger partial charge in [-0.25, -0.2) is 0 Å². The highest BCUT2D eigenvalue weighted by molar-refractivity contribution is 5.73. The highest BCUT2D eigenvalue weighted by Crippen LogP contribution is 1.86. The van der Waals surface area contributed by atoms with Crippen LogP contribution in [0.25, 0.3) is 0 Å². The highest BCUT2D eigenvalue weighted by atomic mass is 16.3. The lowest BCUT2D eigenvalue weighted by molar-refractivity contribution is -0.129. The molecule has 0 bridgehead atoms. The molecular formula is C8H19NO3. The molecular weight excluding hydrogens is 158 g/mol. The van der Waals surface area contributed by atoms with Gasteiger partial charge in [0, 0.05) is 20.0 Å². The molecule has 4 heteroatoms. The van der Waals surface area contributed by atoms with Crippen LogP contribution in [0.2, 0.25) is 0 Å². The molecule has 0 aromatic heterocycles. The average molecular weight is 177 g/mol. The Morgan fingerprint density at radius 1 is 1.17 bits per heavy atom. The van der Waals surface area contributed by atoms with E-state index in [9.17, 15) is 4.79 Å². The van der Waals surface area contributed by atoms with Crippen LogP contribution in [0, 0.1) is 0 Å². The van der Waals surface area contributed by atoms with Crippen molar-refractivity contribution in [1.29, 1.82) is 0 Å². The summed E-state index contributed by atoms with van der Waals surface area (Å²) < 4.78 is 0. The quantitative estimate of drug-likeness (QED) is 0.627. The molecule has 0 fully saturated rings. The fourth-order valence-corrected chi connectivity index (χ4v) is 0.668. The molecule has 0 rings (SSSR count). The van der Waals surface area contributed by atoms with Gasteiger partial charge in [-0.2, -0.15) is 0 Å². The van der Waals surface area contributed by atoms with Crippen LogP contribution in [-0.2, 0) is 4.79 Å². The number of hydrogen-bond acceptors (Lipinski definition) is 3. The van der Waals surface area contributed by atoms with Gasteiger partial charge in [0.2, 0.25) is 5.91 Å². The number of aliphatic hydroxyl groups excluding tert-OH is 2. The number of hydrogen-bond donors (Lipinski definition) is 2. The molecule has 0 aliphatic carbocycles. The van der Waals surface area contributed by atoms with Crippen LogP contribution in [0.3, 0.4) is 0 Å². The van der Waals surface area contributed by atoms with Crippen LogP contribution in [0.5, 0.6) is 0 Å². The lowest BCUT2D eigenvalue weighted by atomic mass is 10.4. The first-order valence-electron chi connectivity index (χ1n) is 4.19. The van der Waals surface area contributed by atoms with Gasteiger partial charge in [-0.1, -0.05) is 13.8 Å². The fourth-order valence-electron chi connectivity index (χ4n) is 0.668. The molecule has 0 heterocycles. The summed E-state index contributed by atoms with van der Waals surface area (Å²) in [7, 11) is 0. The lowest BCUT2D eigenvalue weighted by Crippen LogP contribution is -2.33. The van der Waals surface area contributed by atoms with Gasteiger partial charge >= 0.3 is 0 Å². The summed E-state index contributed by atoms with van der Waals surface area (Å²) in [5.74, 6) is -0.122. The first-order valence-corrected chi connectivity index (χ1v) is 4.19. The molecule has 0 aromatic rings. The molecule has 0 unspecified atom stereocenters. The van der Waals surface area contributed by atoms with Crippen LogP contribution in [-0.4, -0.2) is 47.3 Å². The largest absolute Gasteiger partial charge is 0.395 e. The minimum absolute atomic E-state index is 0.0560. The molecule has 0 aliphatic rings. The summed E-state index contributed by atoms with van der Waals surface area (Å²) in [6.45, 7) is 5.90. The molecule has 74 valence electrons. The number of carbonyl (C=O) groups is 1. The Bertz CT molecular complexity index is 100. The van der Waals surface area contributed by atoms with Crippen LogP contribution in [0.1, 0.15) is 20.8 Å². The minimum atomic E-state index is -0.122. The van der Waals surface area contributed by atoms with Crippen molar-refractivity contribution < 1.29 is 15.0 Å². The Morgan fingerprint density at radius 2 is 1.50 bits per heavy atom. The van der Waals surface area contributed by atoms with Gasteiger partial charge in [-0.3, -0.25) is 4.79 Å². The monoisotopic (exact) mass is 177 g/mol. The Morgan fingerprint density at radius 3 is 1.67 bits per heavy atom. The Balaban J connectivity index is 0. The zero-order chi connectivity index (χ0) is 9.98. The molecule has 0 saturated carbocycles. The molecule has 0 atom stereocenters. The van der Waals surface area contributed by atoms with Crippen molar-refractivity contribution in [2.75, 3.05) is 26.3 Å². The van der Waals surface area contributed by atoms with Crippen molar-refractivity contribution in [3.63, 3.8) is 0 Å². The molecule has 0 aromatic carbocycles. The average Bonchev–Trinajstić information content (AvgIpc) is 2.08. The van der Waals surface area contributed by atoms with Crippen LogP contribution in [0.15, 0.2) is 0 Å². The van der Waals surface area contributed by atoms with E-state index in [1.165, 1.54) is 11.8 Å². The van der Waals surface area contributed by atoms with Crippen LogP contribution in [0.4, 0.5) is 0 Å². The fraction of sp³-hybridized carbons (Fsp3) is 0.875. The summed E-state index contributed by atoms with van der Waals surface area (Å²) in [5.41, 5.74) is 0. The van der Waals surface area contributed by atoms with Gasteiger partial charge in [0.1, 0.15) is 0 Å². The Kier molecular flexibility index (Phi) is 12.1. The van der Waals surface area contributed by atoms with Gasteiger partial charge in [0.15, 0.2) is 0 Å². The number of carbonyl (C=O) groups excluding carboxylic acids is 1. The number of rotatable bonds is 4. The molecule has 0 saturated heterocycles. The lowest BCUT2D eigenvalue weighted by Gasteiger charge is -2.17. The van der Waals surface area contributed by atoms with Gasteiger partial charge in [-0.15, -0.1) is 0 Å². The molecule has 0 spiro atoms. The van der Waals surface area contributed by atoms with E-state index in [1.807, 2.05) is 13.8 Å². The minimum Gasteiger partial charge on any atom is -0.395 e. The Labute approximate surface area is 73.8 Å². The molecule has 12 heavy (non-hydrogen) atoms. The Hall–Kier alpha value is -0.610. The molecule has 4 nitrogen and oxygen atoms in total. The van der Waals surface area contributed by atoms with E-state index in [-0.39, 0.29) is 19.1 Å². The van der Waals surface area contributed by atoms with E-state index in [0.717, 1.165) is 0 Å². The van der Waals surface area contributed by atoms with E-state index in [0.29, 0.717) is 13.1 Å². The summed E-state index contributed by atoms with van der Waals surface area (Å²) in [6, 6.07) is 0. The van der Waals surface area contributed by atoms with Gasteiger partial charge < -0.3 is 15.1 Å². The predicted octanol–water partition coefficient (Wildman–Crippen LogP) is -0.154. The van der Waals surface area contributed by atoms with E-state index >= 15 is 0 Å². The van der Waals surface area contributed by atoms with E-state index in [2.05, 4.69) is 0 Å². The van der Waals surface area contributed by atoms with Crippen molar-refractivity contribution in [3.8, 4) is 0 Å². The zero-order valence-corrected chi connectivity index (χ0v) is 8.08. The molecule has 1 amide bonds. The van der Waals surface area contributed by atoms with Crippen molar-refractivity contribution in [2.45, 2.75) is 20.8 Å². The maximum absolute atomic E-state index is 10.6. The van der Waals surface area contributed by atoms with E-state index in [4.69, 9.17) is 10.2 Å². The smallest absolute Gasteiger partial charge is 0.219 e. The molecule has 2 N–H and O–H groups in total. The third kappa shape index (κ3) is 7.50. The van der Waals surface area contributed by atoms with Gasteiger partial charge in [-0.05, 0) is 0 Å². The second kappa shape index (κ2) is 10.4. The van der Waals surface area contributed by atoms with Crippen molar-refractivity contribution in [1.82, 2.24) is 4.90 Å². The summed E-state index contributed by atoms with van der Waals surface area (Å²) in [5, 5.41) is 16.9. The SMILES string of the molecule is CC.CC(=O)N(CCO)CCO. The standard InChI is InChI=1S/C6H13NO3.C2H6/c1-6(10)7(2-4-8)3-5-9;1-2/h8-9H,2-5H2,1H3;1-2H3. The van der Waals surface area contributed by atoms with Gasteiger partial charge in [0.05, 0.1) is 13.2 Å². The second-order valence-electron chi connectivity index (χ2n) is 1.95. The maximum atomic E-state index is 10.6. The second-order valence-corrected chi connectivity index (χ2v) is 1.95. The van der Waals surface area contributed by atoms with Crippen molar-refractivity contribution >= 4 is 5.91 Å². The molecule has 0 radical (unpaired) electrons. The first-order chi connectivity index (χ1) is 5.72. The number of nitrogens with zero attached hydrogens (tertiary/aromatic N) is 1. The third-order valence-electron chi connectivity index (χ3n) is 1.19. The molecule has 0 aliphatic heterocycles. The topological polar surface area (TPSA) is 60.8 Å². The normalized spacial score (nSPS) is 8.42. The first kappa shape index (κ1) is 13.9.